The number of hydrogen-bond acceptors (Lipinski definition) is 4. The van der Waals surface area contributed by atoms with Gasteiger partial charge in [0.05, 0.1) is 10.6 Å². The number of amides is 2. The average molecular weight is 649 g/mol. The molecule has 3 aromatic carbocycles. The van der Waals surface area contributed by atoms with Gasteiger partial charge < -0.3 is 10.2 Å². The Balaban J connectivity index is 2.05. The number of benzene rings is 3. The van der Waals surface area contributed by atoms with E-state index in [1.54, 1.807) is 31.2 Å². The fourth-order valence-electron chi connectivity index (χ4n) is 3.98. The zero-order chi connectivity index (χ0) is 29.6. The van der Waals surface area contributed by atoms with Crippen LogP contribution in [0.2, 0.25) is 5.02 Å². The molecule has 40 heavy (non-hydrogen) atoms. The SMILES string of the molecule is CCC(C)NC(=O)C(C)N(Cc1cccc(Br)c1)C(=O)CN(c1ccc(C)c(Cl)c1)S(=O)(=O)c1ccc(C)cc1. The van der Waals surface area contributed by atoms with Crippen molar-refractivity contribution < 1.29 is 18.0 Å². The second-order valence-corrected chi connectivity index (χ2v) is 13.1. The van der Waals surface area contributed by atoms with E-state index in [-0.39, 0.29) is 29.1 Å². The summed E-state index contributed by atoms with van der Waals surface area (Å²) in [6, 6.07) is 17.8. The molecule has 0 spiro atoms. The van der Waals surface area contributed by atoms with Gasteiger partial charge in [-0.1, -0.05) is 70.3 Å². The summed E-state index contributed by atoms with van der Waals surface area (Å²) in [5.74, 6) is -0.844. The second-order valence-electron chi connectivity index (χ2n) is 9.90. The molecule has 1 N–H and O–H groups in total. The van der Waals surface area contributed by atoms with Crippen molar-refractivity contribution >= 4 is 55.1 Å². The normalized spacial score (nSPS) is 12.9. The summed E-state index contributed by atoms with van der Waals surface area (Å²) in [6.45, 7) is 8.76. The lowest BCUT2D eigenvalue weighted by molar-refractivity contribution is -0.139. The van der Waals surface area contributed by atoms with E-state index in [2.05, 4.69) is 21.2 Å². The van der Waals surface area contributed by atoms with Gasteiger partial charge in [-0.25, -0.2) is 8.42 Å². The number of nitrogens with one attached hydrogen (secondary N) is 1. The standard InChI is InChI=1S/C30H35BrClN3O4S/c1-6-22(4)33-30(37)23(5)34(18-24-8-7-9-25(31)16-24)29(36)19-35(26-13-12-21(3)28(32)17-26)40(38,39)27-14-10-20(2)11-15-27/h7-17,22-23H,6,18-19H2,1-5H3,(H,33,37). The topological polar surface area (TPSA) is 86.8 Å². The van der Waals surface area contributed by atoms with E-state index in [4.69, 9.17) is 11.6 Å². The van der Waals surface area contributed by atoms with Crippen LogP contribution in [0, 0.1) is 13.8 Å². The van der Waals surface area contributed by atoms with Crippen LogP contribution in [0.15, 0.2) is 76.1 Å². The number of carbonyl (C=O) groups is 2. The van der Waals surface area contributed by atoms with Crippen LogP contribution in [0.4, 0.5) is 5.69 Å². The summed E-state index contributed by atoms with van der Waals surface area (Å²) >= 11 is 9.83. The minimum atomic E-state index is -4.16. The number of carbonyl (C=O) groups excluding carboxylic acids is 2. The fraction of sp³-hybridized carbons (Fsp3) is 0.333. The van der Waals surface area contributed by atoms with Crippen LogP contribution >= 0.6 is 27.5 Å². The van der Waals surface area contributed by atoms with Crippen molar-refractivity contribution in [2.75, 3.05) is 10.8 Å². The Bertz CT molecular complexity index is 1460. The summed E-state index contributed by atoms with van der Waals surface area (Å²) in [5.41, 5.74) is 2.72. The van der Waals surface area contributed by atoms with Gasteiger partial charge in [-0.2, -0.15) is 0 Å². The number of nitrogens with zero attached hydrogens (tertiary/aromatic N) is 2. The molecule has 0 heterocycles. The third-order valence-electron chi connectivity index (χ3n) is 6.74. The Hall–Kier alpha value is -2.88. The van der Waals surface area contributed by atoms with Crippen molar-refractivity contribution in [3.63, 3.8) is 0 Å². The highest BCUT2D eigenvalue weighted by Crippen LogP contribution is 2.29. The molecular formula is C30H35BrClN3O4S. The summed E-state index contributed by atoms with van der Waals surface area (Å²) in [6.07, 6.45) is 0.731. The molecule has 3 rings (SSSR count). The average Bonchev–Trinajstić information content (AvgIpc) is 2.91. The Morgan fingerprint density at radius 2 is 1.68 bits per heavy atom. The van der Waals surface area contributed by atoms with E-state index in [1.165, 1.54) is 23.1 Å². The number of aryl methyl sites for hydroxylation is 2. The first-order valence-corrected chi connectivity index (χ1v) is 15.6. The molecule has 2 atom stereocenters. The lowest BCUT2D eigenvalue weighted by Crippen LogP contribution is -2.52. The van der Waals surface area contributed by atoms with Crippen molar-refractivity contribution in [2.24, 2.45) is 0 Å². The monoisotopic (exact) mass is 647 g/mol. The maximum Gasteiger partial charge on any atom is 0.264 e. The summed E-state index contributed by atoms with van der Waals surface area (Å²) in [4.78, 5) is 28.6. The smallest absolute Gasteiger partial charge is 0.264 e. The van der Waals surface area contributed by atoms with Gasteiger partial charge in [-0.15, -0.1) is 0 Å². The number of sulfonamides is 1. The predicted octanol–water partition coefficient (Wildman–Crippen LogP) is 6.25. The van der Waals surface area contributed by atoms with Gasteiger partial charge in [-0.3, -0.25) is 13.9 Å². The molecule has 0 aromatic heterocycles. The van der Waals surface area contributed by atoms with Gasteiger partial charge in [-0.05, 0) is 81.6 Å². The van der Waals surface area contributed by atoms with Crippen LogP contribution in [0.1, 0.15) is 43.9 Å². The van der Waals surface area contributed by atoms with Crippen LogP contribution in [0.3, 0.4) is 0 Å². The summed E-state index contributed by atoms with van der Waals surface area (Å²) in [7, 11) is -4.16. The molecule has 0 fully saturated rings. The molecule has 7 nitrogen and oxygen atoms in total. The Morgan fingerprint density at radius 1 is 1.00 bits per heavy atom. The first-order valence-electron chi connectivity index (χ1n) is 13.0. The molecule has 10 heteroatoms. The van der Waals surface area contributed by atoms with E-state index in [9.17, 15) is 18.0 Å². The third kappa shape index (κ3) is 7.86. The van der Waals surface area contributed by atoms with E-state index in [1.807, 2.05) is 52.0 Å². The van der Waals surface area contributed by atoms with E-state index >= 15 is 0 Å². The number of halogens is 2. The number of rotatable bonds is 11. The van der Waals surface area contributed by atoms with Gasteiger partial charge in [0, 0.05) is 22.1 Å². The van der Waals surface area contributed by atoms with Crippen molar-refractivity contribution in [3.8, 4) is 0 Å². The van der Waals surface area contributed by atoms with Gasteiger partial charge in [0.2, 0.25) is 11.8 Å². The lowest BCUT2D eigenvalue weighted by atomic mass is 10.1. The van der Waals surface area contributed by atoms with Crippen molar-refractivity contribution in [1.29, 1.82) is 0 Å². The summed E-state index contributed by atoms with van der Waals surface area (Å²) in [5, 5.41) is 3.31. The molecule has 2 amide bonds. The molecule has 0 aliphatic carbocycles. The number of anilines is 1. The molecule has 214 valence electrons. The molecule has 0 radical (unpaired) electrons. The largest absolute Gasteiger partial charge is 0.352 e. The molecule has 0 saturated carbocycles. The minimum Gasteiger partial charge on any atom is -0.352 e. The molecule has 3 aromatic rings. The molecular weight excluding hydrogens is 614 g/mol. The van der Waals surface area contributed by atoms with Crippen LogP contribution in [0.5, 0.6) is 0 Å². The first kappa shape index (κ1) is 31.6. The highest BCUT2D eigenvalue weighted by molar-refractivity contribution is 9.10. The fourth-order valence-corrected chi connectivity index (χ4v) is 6.01. The molecule has 0 bridgehead atoms. The quantitative estimate of drug-likeness (QED) is 0.267. The van der Waals surface area contributed by atoms with Gasteiger partial charge in [0.15, 0.2) is 0 Å². The lowest BCUT2D eigenvalue weighted by Gasteiger charge is -2.32. The third-order valence-corrected chi connectivity index (χ3v) is 9.43. The Kier molecular flexibility index (Phi) is 10.8. The van der Waals surface area contributed by atoms with Crippen LogP contribution < -0.4 is 9.62 Å². The van der Waals surface area contributed by atoms with Crippen LogP contribution in [-0.4, -0.2) is 43.8 Å². The molecule has 0 aliphatic rings. The van der Waals surface area contributed by atoms with Gasteiger partial charge in [0.1, 0.15) is 12.6 Å². The molecule has 0 aliphatic heterocycles. The minimum absolute atomic E-state index is 0.0451. The Labute approximate surface area is 250 Å². The van der Waals surface area contributed by atoms with Crippen LogP contribution in [-0.2, 0) is 26.2 Å². The molecule has 2 unspecified atom stereocenters. The van der Waals surface area contributed by atoms with Crippen molar-refractivity contribution in [2.45, 2.75) is 64.6 Å². The maximum atomic E-state index is 14.0. The maximum absolute atomic E-state index is 14.0. The van der Waals surface area contributed by atoms with Gasteiger partial charge >= 0.3 is 0 Å². The zero-order valence-electron chi connectivity index (χ0n) is 23.3. The van der Waals surface area contributed by atoms with E-state index in [0.29, 0.717) is 5.02 Å². The second kappa shape index (κ2) is 13.7. The highest BCUT2D eigenvalue weighted by atomic mass is 79.9. The predicted molar refractivity (Wildman–Crippen MR) is 164 cm³/mol. The van der Waals surface area contributed by atoms with E-state index in [0.717, 1.165) is 31.9 Å². The number of hydrogen-bond donors (Lipinski definition) is 1. The van der Waals surface area contributed by atoms with Crippen molar-refractivity contribution in [1.82, 2.24) is 10.2 Å². The zero-order valence-corrected chi connectivity index (χ0v) is 26.5. The Morgan fingerprint density at radius 3 is 2.27 bits per heavy atom. The first-order chi connectivity index (χ1) is 18.8. The van der Waals surface area contributed by atoms with Crippen molar-refractivity contribution in [3.05, 3.63) is 92.9 Å². The van der Waals surface area contributed by atoms with E-state index < -0.39 is 28.5 Å². The summed E-state index contributed by atoms with van der Waals surface area (Å²) < 4.78 is 29.7. The van der Waals surface area contributed by atoms with Gasteiger partial charge in [0.25, 0.3) is 10.0 Å². The highest BCUT2D eigenvalue weighted by Gasteiger charge is 2.33. The molecule has 0 saturated heterocycles. The van der Waals surface area contributed by atoms with Crippen LogP contribution in [0.25, 0.3) is 0 Å².